The quantitative estimate of drug-likeness (QED) is 0.859. The standard InChI is InChI=1S/C13H17N3O2/c14-9-3-5-10(6-4-9)15-13(17)11-7-12(18-16-11)8-1-2-8/h7-8,10,14H,1-6H2,(H,15,17). The molecule has 0 radical (unpaired) electrons. The first-order valence-corrected chi connectivity index (χ1v) is 6.56. The predicted octanol–water partition coefficient (Wildman–Crippen LogP) is 2.24. The lowest BCUT2D eigenvalue weighted by Crippen LogP contribution is -2.37. The van der Waals surface area contributed by atoms with Gasteiger partial charge in [-0.25, -0.2) is 0 Å². The lowest BCUT2D eigenvalue weighted by molar-refractivity contribution is 0.0923. The summed E-state index contributed by atoms with van der Waals surface area (Å²) in [6, 6.07) is 1.94. The minimum atomic E-state index is -0.149. The van der Waals surface area contributed by atoms with Crippen molar-refractivity contribution in [3.8, 4) is 0 Å². The van der Waals surface area contributed by atoms with E-state index in [1.54, 1.807) is 6.07 Å². The molecule has 0 aromatic carbocycles. The van der Waals surface area contributed by atoms with E-state index in [0.29, 0.717) is 11.6 Å². The molecule has 2 aliphatic rings. The van der Waals surface area contributed by atoms with E-state index in [0.717, 1.165) is 50.0 Å². The Morgan fingerprint density at radius 3 is 2.72 bits per heavy atom. The Hall–Kier alpha value is -1.65. The zero-order chi connectivity index (χ0) is 12.5. The third-order valence-electron chi connectivity index (χ3n) is 3.67. The summed E-state index contributed by atoms with van der Waals surface area (Å²) in [5, 5.41) is 14.3. The van der Waals surface area contributed by atoms with Crippen molar-refractivity contribution < 1.29 is 9.32 Å². The van der Waals surface area contributed by atoms with Gasteiger partial charge < -0.3 is 15.2 Å². The van der Waals surface area contributed by atoms with E-state index >= 15 is 0 Å². The molecule has 2 fully saturated rings. The number of amides is 1. The van der Waals surface area contributed by atoms with Gasteiger partial charge in [-0.05, 0) is 38.5 Å². The van der Waals surface area contributed by atoms with Crippen LogP contribution in [0.3, 0.4) is 0 Å². The van der Waals surface area contributed by atoms with E-state index in [1.165, 1.54) is 0 Å². The minimum Gasteiger partial charge on any atom is -0.360 e. The predicted molar refractivity (Wildman–Crippen MR) is 65.9 cm³/mol. The molecule has 2 aliphatic carbocycles. The fraction of sp³-hybridized carbons (Fsp3) is 0.615. The molecule has 96 valence electrons. The fourth-order valence-corrected chi connectivity index (χ4v) is 2.33. The fourth-order valence-electron chi connectivity index (χ4n) is 2.33. The third-order valence-corrected chi connectivity index (χ3v) is 3.67. The number of nitrogens with one attached hydrogen (secondary N) is 2. The topological polar surface area (TPSA) is 79.0 Å². The molecule has 0 bridgehead atoms. The highest BCUT2D eigenvalue weighted by atomic mass is 16.5. The first-order chi connectivity index (χ1) is 8.72. The van der Waals surface area contributed by atoms with E-state index in [9.17, 15) is 4.79 Å². The first-order valence-electron chi connectivity index (χ1n) is 6.56. The van der Waals surface area contributed by atoms with Crippen LogP contribution in [-0.4, -0.2) is 22.8 Å². The van der Waals surface area contributed by atoms with Gasteiger partial charge in [-0.15, -0.1) is 0 Å². The van der Waals surface area contributed by atoms with Crippen molar-refractivity contribution in [3.05, 3.63) is 17.5 Å². The molecule has 1 aromatic heterocycles. The SMILES string of the molecule is N=C1CCC(NC(=O)c2cc(C3CC3)on2)CC1. The van der Waals surface area contributed by atoms with Gasteiger partial charge in [0.05, 0.1) is 0 Å². The van der Waals surface area contributed by atoms with Gasteiger partial charge in [0.2, 0.25) is 0 Å². The van der Waals surface area contributed by atoms with Crippen molar-refractivity contribution in [1.82, 2.24) is 10.5 Å². The van der Waals surface area contributed by atoms with Crippen molar-refractivity contribution in [2.24, 2.45) is 0 Å². The van der Waals surface area contributed by atoms with E-state index in [-0.39, 0.29) is 11.9 Å². The Morgan fingerprint density at radius 2 is 2.06 bits per heavy atom. The molecule has 1 amide bonds. The van der Waals surface area contributed by atoms with Gasteiger partial charge in [0.25, 0.3) is 5.91 Å². The van der Waals surface area contributed by atoms with E-state index in [1.807, 2.05) is 0 Å². The highest BCUT2D eigenvalue weighted by Crippen LogP contribution is 2.40. The van der Waals surface area contributed by atoms with Crippen LogP contribution in [0, 0.1) is 5.41 Å². The molecule has 0 saturated heterocycles. The Bertz CT molecular complexity index is 466. The molecule has 0 aliphatic heterocycles. The second-order valence-corrected chi connectivity index (χ2v) is 5.24. The highest BCUT2D eigenvalue weighted by Gasteiger charge is 2.29. The summed E-state index contributed by atoms with van der Waals surface area (Å²) in [6.45, 7) is 0. The van der Waals surface area contributed by atoms with Crippen LogP contribution < -0.4 is 5.32 Å². The van der Waals surface area contributed by atoms with Crippen LogP contribution in [0.1, 0.15) is 60.7 Å². The number of rotatable bonds is 3. The summed E-state index contributed by atoms with van der Waals surface area (Å²) in [5.74, 6) is 1.17. The third kappa shape index (κ3) is 2.44. The molecule has 2 N–H and O–H groups in total. The van der Waals surface area contributed by atoms with Gasteiger partial charge in [-0.1, -0.05) is 5.16 Å². The molecule has 3 rings (SSSR count). The zero-order valence-corrected chi connectivity index (χ0v) is 10.2. The lowest BCUT2D eigenvalue weighted by Gasteiger charge is -2.22. The Labute approximate surface area is 105 Å². The van der Waals surface area contributed by atoms with Gasteiger partial charge in [-0.3, -0.25) is 4.79 Å². The van der Waals surface area contributed by atoms with E-state index in [2.05, 4.69) is 10.5 Å². The van der Waals surface area contributed by atoms with Gasteiger partial charge in [0.1, 0.15) is 5.76 Å². The van der Waals surface area contributed by atoms with Crippen molar-refractivity contribution in [3.63, 3.8) is 0 Å². The monoisotopic (exact) mass is 247 g/mol. The molecule has 1 heterocycles. The van der Waals surface area contributed by atoms with Gasteiger partial charge in [-0.2, -0.15) is 0 Å². The summed E-state index contributed by atoms with van der Waals surface area (Å²) in [4.78, 5) is 12.0. The molecule has 18 heavy (non-hydrogen) atoms. The average molecular weight is 247 g/mol. The number of hydrogen-bond donors (Lipinski definition) is 2. The van der Waals surface area contributed by atoms with Crippen LogP contribution in [0.2, 0.25) is 0 Å². The molecule has 2 saturated carbocycles. The largest absolute Gasteiger partial charge is 0.360 e. The Balaban J connectivity index is 1.58. The Morgan fingerprint density at radius 1 is 1.33 bits per heavy atom. The van der Waals surface area contributed by atoms with Crippen LogP contribution >= 0.6 is 0 Å². The first kappa shape index (κ1) is 11.4. The summed E-state index contributed by atoms with van der Waals surface area (Å²) < 4.78 is 5.17. The van der Waals surface area contributed by atoms with Crippen LogP contribution in [0.15, 0.2) is 10.6 Å². The summed E-state index contributed by atoms with van der Waals surface area (Å²) in [5.41, 5.74) is 1.18. The van der Waals surface area contributed by atoms with Crippen LogP contribution in [0.5, 0.6) is 0 Å². The van der Waals surface area contributed by atoms with Crippen LogP contribution in [0.4, 0.5) is 0 Å². The maximum absolute atomic E-state index is 12.0. The van der Waals surface area contributed by atoms with Crippen molar-refractivity contribution >= 4 is 11.6 Å². The Kier molecular flexibility index (Phi) is 2.89. The summed E-state index contributed by atoms with van der Waals surface area (Å²) in [6.07, 6.45) is 5.58. The van der Waals surface area contributed by atoms with E-state index in [4.69, 9.17) is 9.93 Å². The molecule has 0 atom stereocenters. The molecule has 0 unspecified atom stereocenters. The molecule has 1 aromatic rings. The lowest BCUT2D eigenvalue weighted by atomic mass is 9.94. The van der Waals surface area contributed by atoms with Crippen molar-refractivity contribution in [2.45, 2.75) is 50.5 Å². The van der Waals surface area contributed by atoms with Crippen molar-refractivity contribution in [1.29, 1.82) is 5.41 Å². The molecule has 0 spiro atoms. The number of nitrogens with zero attached hydrogens (tertiary/aromatic N) is 1. The molecular formula is C13H17N3O2. The summed E-state index contributed by atoms with van der Waals surface area (Å²) >= 11 is 0. The van der Waals surface area contributed by atoms with Gasteiger partial charge >= 0.3 is 0 Å². The second kappa shape index (κ2) is 4.55. The van der Waals surface area contributed by atoms with Crippen LogP contribution in [-0.2, 0) is 0 Å². The van der Waals surface area contributed by atoms with Gasteiger partial charge in [0.15, 0.2) is 5.69 Å². The average Bonchev–Trinajstić information content (AvgIpc) is 3.10. The normalized spacial score (nSPS) is 24.0. The van der Waals surface area contributed by atoms with Gasteiger partial charge in [0, 0.05) is 23.7 Å². The van der Waals surface area contributed by atoms with E-state index < -0.39 is 0 Å². The number of aromatic nitrogens is 1. The van der Waals surface area contributed by atoms with Crippen molar-refractivity contribution in [2.75, 3.05) is 0 Å². The highest BCUT2D eigenvalue weighted by molar-refractivity contribution is 5.92. The number of carbonyl (C=O) groups excluding carboxylic acids is 1. The second-order valence-electron chi connectivity index (χ2n) is 5.24. The minimum absolute atomic E-state index is 0.149. The molecule has 5 nitrogen and oxygen atoms in total. The molecular weight excluding hydrogens is 230 g/mol. The van der Waals surface area contributed by atoms with Crippen LogP contribution in [0.25, 0.3) is 0 Å². The smallest absolute Gasteiger partial charge is 0.273 e. The number of carbonyl (C=O) groups is 1. The zero-order valence-electron chi connectivity index (χ0n) is 10.2. The maximum Gasteiger partial charge on any atom is 0.273 e. The maximum atomic E-state index is 12.0. The molecule has 5 heteroatoms. The summed E-state index contributed by atoms with van der Waals surface area (Å²) in [7, 11) is 0. The number of hydrogen-bond acceptors (Lipinski definition) is 4.